The molecule has 0 saturated carbocycles. The maximum atomic E-state index is 12.0. The van der Waals surface area contributed by atoms with Crippen molar-refractivity contribution in [1.29, 1.82) is 0 Å². The number of ether oxygens (including phenoxy) is 1. The van der Waals surface area contributed by atoms with Gasteiger partial charge in [0.15, 0.2) is 6.04 Å². The standard InChI is InChI=1S/C19H20N4O2/c1-14-8-11-16(12-9-14)21-17(18(22-23-20)19(24)25-2)13-10-15-6-4-3-5-7-15/h3-13,17-18,21H,1-2H3/b13-10+/t17-,18-/m1/s1. The molecule has 6 heteroatoms. The number of nitrogens with zero attached hydrogens (tertiary/aromatic N) is 3. The minimum atomic E-state index is -1.02. The van der Waals surface area contributed by atoms with Crippen LogP contribution in [0.15, 0.2) is 65.8 Å². The van der Waals surface area contributed by atoms with Crippen molar-refractivity contribution >= 4 is 17.7 Å². The van der Waals surface area contributed by atoms with Crippen LogP contribution < -0.4 is 5.32 Å². The SMILES string of the molecule is COC(=O)[C@H](N=[N+]=[N-])[C@@H](/C=C/c1ccccc1)Nc1ccc(C)cc1. The Bertz CT molecular complexity index is 766. The van der Waals surface area contributed by atoms with E-state index < -0.39 is 18.1 Å². The zero-order valence-electron chi connectivity index (χ0n) is 14.2. The first-order valence-electron chi connectivity index (χ1n) is 7.82. The molecule has 0 radical (unpaired) electrons. The van der Waals surface area contributed by atoms with E-state index in [1.807, 2.05) is 67.6 Å². The van der Waals surface area contributed by atoms with Gasteiger partial charge in [-0.15, -0.1) is 0 Å². The van der Waals surface area contributed by atoms with E-state index in [-0.39, 0.29) is 0 Å². The van der Waals surface area contributed by atoms with Crippen molar-refractivity contribution in [1.82, 2.24) is 0 Å². The Balaban J connectivity index is 2.31. The summed E-state index contributed by atoms with van der Waals surface area (Å²) in [5.41, 5.74) is 11.7. The zero-order valence-corrected chi connectivity index (χ0v) is 14.2. The Kier molecular flexibility index (Phi) is 6.63. The summed E-state index contributed by atoms with van der Waals surface area (Å²) in [6, 6.07) is 15.8. The van der Waals surface area contributed by atoms with E-state index in [9.17, 15) is 4.79 Å². The van der Waals surface area contributed by atoms with Crippen LogP contribution in [0.1, 0.15) is 11.1 Å². The second-order valence-electron chi connectivity index (χ2n) is 5.48. The number of azide groups is 1. The highest BCUT2D eigenvalue weighted by Gasteiger charge is 2.26. The maximum absolute atomic E-state index is 12.0. The van der Waals surface area contributed by atoms with Crippen molar-refractivity contribution in [2.75, 3.05) is 12.4 Å². The number of hydrogen-bond acceptors (Lipinski definition) is 4. The number of methoxy groups -OCH3 is 1. The van der Waals surface area contributed by atoms with Gasteiger partial charge in [-0.1, -0.05) is 65.3 Å². The molecule has 0 aliphatic carbocycles. The third-order valence-corrected chi connectivity index (χ3v) is 3.64. The lowest BCUT2D eigenvalue weighted by molar-refractivity contribution is -0.142. The molecule has 0 amide bonds. The van der Waals surface area contributed by atoms with E-state index in [1.165, 1.54) is 7.11 Å². The van der Waals surface area contributed by atoms with Gasteiger partial charge in [0, 0.05) is 10.6 Å². The fourth-order valence-electron chi connectivity index (χ4n) is 2.30. The van der Waals surface area contributed by atoms with Crippen LogP contribution in [0.5, 0.6) is 0 Å². The van der Waals surface area contributed by atoms with Crippen molar-refractivity contribution in [2.24, 2.45) is 5.11 Å². The van der Waals surface area contributed by atoms with Gasteiger partial charge in [0.1, 0.15) is 0 Å². The smallest absolute Gasteiger partial charge is 0.317 e. The number of benzene rings is 2. The van der Waals surface area contributed by atoms with E-state index in [2.05, 4.69) is 15.3 Å². The monoisotopic (exact) mass is 336 g/mol. The summed E-state index contributed by atoms with van der Waals surface area (Å²) in [5, 5.41) is 6.84. The van der Waals surface area contributed by atoms with E-state index in [1.54, 1.807) is 6.08 Å². The predicted molar refractivity (Wildman–Crippen MR) is 99.0 cm³/mol. The van der Waals surface area contributed by atoms with Crippen molar-refractivity contribution in [3.8, 4) is 0 Å². The summed E-state index contributed by atoms with van der Waals surface area (Å²) in [7, 11) is 1.27. The molecule has 2 aromatic carbocycles. The van der Waals surface area contributed by atoms with Crippen LogP contribution in [-0.4, -0.2) is 25.2 Å². The molecule has 0 saturated heterocycles. The number of esters is 1. The summed E-state index contributed by atoms with van der Waals surface area (Å²) in [4.78, 5) is 14.8. The fourth-order valence-corrected chi connectivity index (χ4v) is 2.30. The molecule has 0 bridgehead atoms. The molecule has 0 aromatic heterocycles. The summed E-state index contributed by atoms with van der Waals surface area (Å²) in [5.74, 6) is -0.597. The first-order chi connectivity index (χ1) is 12.1. The molecular formula is C19H20N4O2. The third kappa shape index (κ3) is 5.41. The summed E-state index contributed by atoms with van der Waals surface area (Å²) >= 11 is 0. The molecule has 128 valence electrons. The Labute approximate surface area is 146 Å². The molecule has 2 atom stereocenters. The number of rotatable bonds is 7. The average molecular weight is 336 g/mol. The first kappa shape index (κ1) is 18.1. The van der Waals surface area contributed by atoms with E-state index in [0.717, 1.165) is 16.8 Å². The topological polar surface area (TPSA) is 87.1 Å². The average Bonchev–Trinajstić information content (AvgIpc) is 2.65. The van der Waals surface area contributed by atoms with E-state index in [4.69, 9.17) is 10.3 Å². The highest BCUT2D eigenvalue weighted by Crippen LogP contribution is 2.16. The molecule has 1 N–H and O–H groups in total. The number of nitrogens with one attached hydrogen (secondary N) is 1. The second kappa shape index (κ2) is 9.15. The van der Waals surface area contributed by atoms with Crippen LogP contribution >= 0.6 is 0 Å². The van der Waals surface area contributed by atoms with Gasteiger partial charge in [0.2, 0.25) is 0 Å². The Morgan fingerprint density at radius 1 is 1.20 bits per heavy atom. The molecule has 2 rings (SSSR count). The third-order valence-electron chi connectivity index (χ3n) is 3.64. The second-order valence-corrected chi connectivity index (χ2v) is 5.48. The van der Waals surface area contributed by atoms with E-state index in [0.29, 0.717) is 0 Å². The highest BCUT2D eigenvalue weighted by molar-refractivity contribution is 5.78. The lowest BCUT2D eigenvalue weighted by atomic mass is 10.1. The molecular weight excluding hydrogens is 316 g/mol. The van der Waals surface area contributed by atoms with Gasteiger partial charge in [0.05, 0.1) is 13.2 Å². The molecule has 0 fully saturated rings. The van der Waals surface area contributed by atoms with Crippen molar-refractivity contribution in [3.05, 3.63) is 82.2 Å². The van der Waals surface area contributed by atoms with Gasteiger partial charge in [-0.3, -0.25) is 4.79 Å². The quantitative estimate of drug-likeness (QED) is 0.353. The number of aryl methyl sites for hydroxylation is 1. The van der Waals surface area contributed by atoms with Crippen LogP contribution in [0, 0.1) is 6.92 Å². The number of carbonyl (C=O) groups is 1. The molecule has 0 aliphatic rings. The van der Waals surface area contributed by atoms with Crippen molar-refractivity contribution in [3.63, 3.8) is 0 Å². The Morgan fingerprint density at radius 2 is 1.88 bits per heavy atom. The van der Waals surface area contributed by atoms with Gasteiger partial charge in [-0.05, 0) is 30.2 Å². The summed E-state index contributed by atoms with van der Waals surface area (Å²) < 4.78 is 4.78. The summed E-state index contributed by atoms with van der Waals surface area (Å²) in [6.07, 6.45) is 3.67. The maximum Gasteiger partial charge on any atom is 0.317 e. The van der Waals surface area contributed by atoms with Gasteiger partial charge >= 0.3 is 5.97 Å². The highest BCUT2D eigenvalue weighted by atomic mass is 16.5. The van der Waals surface area contributed by atoms with Gasteiger partial charge in [-0.25, -0.2) is 0 Å². The first-order valence-corrected chi connectivity index (χ1v) is 7.82. The lowest BCUT2D eigenvalue weighted by Crippen LogP contribution is -2.37. The summed E-state index contributed by atoms with van der Waals surface area (Å²) in [6.45, 7) is 1.99. The Hall–Kier alpha value is -3.24. The van der Waals surface area contributed by atoms with Crippen LogP contribution in [0.4, 0.5) is 5.69 Å². The number of hydrogen-bond donors (Lipinski definition) is 1. The van der Waals surface area contributed by atoms with Crippen molar-refractivity contribution < 1.29 is 9.53 Å². The minimum Gasteiger partial charge on any atom is -0.469 e. The molecule has 25 heavy (non-hydrogen) atoms. The normalized spacial score (nSPS) is 12.9. The van der Waals surface area contributed by atoms with Crippen LogP contribution in [0.3, 0.4) is 0 Å². The van der Waals surface area contributed by atoms with Crippen molar-refractivity contribution in [2.45, 2.75) is 19.0 Å². The Morgan fingerprint density at radius 3 is 2.48 bits per heavy atom. The molecule has 0 spiro atoms. The predicted octanol–water partition coefficient (Wildman–Crippen LogP) is 4.34. The van der Waals surface area contributed by atoms with Gasteiger partial charge < -0.3 is 10.1 Å². The fraction of sp³-hybridized carbons (Fsp3) is 0.211. The zero-order chi connectivity index (χ0) is 18.1. The van der Waals surface area contributed by atoms with Crippen LogP contribution in [0.2, 0.25) is 0 Å². The number of carbonyl (C=O) groups excluding carboxylic acids is 1. The molecule has 0 aliphatic heterocycles. The van der Waals surface area contributed by atoms with Crippen LogP contribution in [-0.2, 0) is 9.53 Å². The van der Waals surface area contributed by atoms with E-state index >= 15 is 0 Å². The lowest BCUT2D eigenvalue weighted by Gasteiger charge is -2.21. The molecule has 6 nitrogen and oxygen atoms in total. The van der Waals surface area contributed by atoms with Crippen LogP contribution in [0.25, 0.3) is 16.5 Å². The molecule has 0 heterocycles. The van der Waals surface area contributed by atoms with Gasteiger partial charge in [-0.2, -0.15) is 0 Å². The minimum absolute atomic E-state index is 0.550. The number of anilines is 1. The largest absolute Gasteiger partial charge is 0.469 e. The van der Waals surface area contributed by atoms with Gasteiger partial charge in [0.25, 0.3) is 0 Å². The molecule has 0 unspecified atom stereocenters. The molecule has 2 aromatic rings.